The summed E-state index contributed by atoms with van der Waals surface area (Å²) in [5.74, 6) is 1.24. The summed E-state index contributed by atoms with van der Waals surface area (Å²) in [6.07, 6.45) is 0. The number of nitrogens with zero attached hydrogens (tertiary/aromatic N) is 1. The van der Waals surface area contributed by atoms with Crippen LogP contribution in [0.1, 0.15) is 31.1 Å². The Morgan fingerprint density at radius 1 is 1.14 bits per heavy atom. The van der Waals surface area contributed by atoms with Crippen LogP contribution in [0.2, 0.25) is 0 Å². The van der Waals surface area contributed by atoms with Gasteiger partial charge in [0.15, 0.2) is 5.96 Å². The summed E-state index contributed by atoms with van der Waals surface area (Å²) in [6.45, 7) is 9.06. The third-order valence-corrected chi connectivity index (χ3v) is 3.30. The number of guanidine groups is 1. The second-order valence-corrected chi connectivity index (χ2v) is 6.22. The van der Waals surface area contributed by atoms with Gasteiger partial charge in [-0.3, -0.25) is 9.79 Å². The molecule has 0 spiro atoms. The molecule has 1 rings (SSSR count). The van der Waals surface area contributed by atoms with Crippen LogP contribution in [-0.2, 0) is 0 Å². The minimum Gasteiger partial charge on any atom is -0.357 e. The number of benzene rings is 1. The minimum absolute atomic E-state index is 0.0709. The lowest BCUT2D eigenvalue weighted by Gasteiger charge is -2.12. The average molecular weight is 369 g/mol. The van der Waals surface area contributed by atoms with Crippen molar-refractivity contribution in [3.05, 3.63) is 34.3 Å². The van der Waals surface area contributed by atoms with Crippen molar-refractivity contribution in [3.63, 3.8) is 0 Å². The largest absolute Gasteiger partial charge is 0.357 e. The molecule has 0 radical (unpaired) electrons. The van der Waals surface area contributed by atoms with Gasteiger partial charge >= 0.3 is 0 Å². The highest BCUT2D eigenvalue weighted by molar-refractivity contribution is 9.10. The van der Waals surface area contributed by atoms with Gasteiger partial charge in [-0.2, -0.15) is 0 Å². The highest BCUT2D eigenvalue weighted by Crippen LogP contribution is 2.10. The van der Waals surface area contributed by atoms with Gasteiger partial charge < -0.3 is 16.0 Å². The molecule has 0 aliphatic rings. The van der Waals surface area contributed by atoms with Gasteiger partial charge in [0.25, 0.3) is 5.91 Å². The molecule has 122 valence electrons. The summed E-state index contributed by atoms with van der Waals surface area (Å²) in [6, 6.07) is 7.30. The van der Waals surface area contributed by atoms with Crippen molar-refractivity contribution in [1.29, 1.82) is 0 Å². The predicted octanol–water partition coefficient (Wildman–Crippen LogP) is 2.39. The number of hydrogen-bond acceptors (Lipinski definition) is 2. The number of amides is 1. The van der Waals surface area contributed by atoms with E-state index in [0.717, 1.165) is 23.5 Å². The zero-order valence-corrected chi connectivity index (χ0v) is 15.0. The van der Waals surface area contributed by atoms with E-state index in [-0.39, 0.29) is 5.91 Å². The summed E-state index contributed by atoms with van der Waals surface area (Å²) >= 11 is 3.35. The molecule has 0 fully saturated rings. The Labute approximate surface area is 141 Å². The van der Waals surface area contributed by atoms with Crippen molar-refractivity contribution < 1.29 is 4.79 Å². The maximum atomic E-state index is 11.9. The summed E-state index contributed by atoms with van der Waals surface area (Å²) in [5, 5.41) is 9.27. The number of rotatable bonds is 7. The fourth-order valence-corrected chi connectivity index (χ4v) is 1.94. The number of hydrogen-bond donors (Lipinski definition) is 3. The first-order valence-electron chi connectivity index (χ1n) is 7.59. The van der Waals surface area contributed by atoms with Crippen molar-refractivity contribution in [2.24, 2.45) is 10.9 Å². The van der Waals surface area contributed by atoms with Crippen molar-refractivity contribution in [2.45, 2.75) is 20.8 Å². The molecule has 3 N–H and O–H groups in total. The number of halogens is 1. The molecule has 0 unspecified atom stereocenters. The molecule has 0 heterocycles. The molecule has 1 aromatic carbocycles. The maximum absolute atomic E-state index is 11.9. The summed E-state index contributed by atoms with van der Waals surface area (Å²) in [4.78, 5) is 16.4. The third kappa shape index (κ3) is 7.45. The van der Waals surface area contributed by atoms with Crippen molar-refractivity contribution >= 4 is 27.8 Å². The molecular weight excluding hydrogens is 344 g/mol. The fourth-order valence-electron chi connectivity index (χ4n) is 1.68. The van der Waals surface area contributed by atoms with Crippen LogP contribution in [0.5, 0.6) is 0 Å². The van der Waals surface area contributed by atoms with E-state index in [1.54, 1.807) is 12.1 Å². The van der Waals surface area contributed by atoms with Crippen molar-refractivity contribution in [3.8, 4) is 0 Å². The SMILES string of the molecule is CCNC(=NCC(C)C)NCCNC(=O)c1ccc(Br)cc1. The van der Waals surface area contributed by atoms with Crippen LogP contribution in [0.25, 0.3) is 0 Å². The lowest BCUT2D eigenvalue weighted by Crippen LogP contribution is -2.41. The predicted molar refractivity (Wildman–Crippen MR) is 95.3 cm³/mol. The number of carbonyl (C=O) groups is 1. The molecule has 22 heavy (non-hydrogen) atoms. The van der Waals surface area contributed by atoms with E-state index in [1.165, 1.54) is 0 Å². The molecule has 0 aliphatic carbocycles. The van der Waals surface area contributed by atoms with Gasteiger partial charge in [0.2, 0.25) is 0 Å². The van der Waals surface area contributed by atoms with E-state index < -0.39 is 0 Å². The second-order valence-electron chi connectivity index (χ2n) is 5.30. The molecule has 1 aromatic rings. The third-order valence-electron chi connectivity index (χ3n) is 2.77. The first-order chi connectivity index (χ1) is 10.5. The van der Waals surface area contributed by atoms with Crippen LogP contribution in [0.3, 0.4) is 0 Å². The van der Waals surface area contributed by atoms with Crippen molar-refractivity contribution in [2.75, 3.05) is 26.2 Å². The van der Waals surface area contributed by atoms with Crippen LogP contribution in [0.4, 0.5) is 0 Å². The molecule has 5 nitrogen and oxygen atoms in total. The minimum atomic E-state index is -0.0709. The van der Waals surface area contributed by atoms with Gasteiger partial charge in [-0.1, -0.05) is 29.8 Å². The Bertz CT molecular complexity index is 485. The zero-order chi connectivity index (χ0) is 16.4. The molecular formula is C16H25BrN4O. The topological polar surface area (TPSA) is 65.5 Å². The number of carbonyl (C=O) groups excluding carboxylic acids is 1. The molecule has 0 atom stereocenters. The van der Waals surface area contributed by atoms with Gasteiger partial charge in [0.1, 0.15) is 0 Å². The van der Waals surface area contributed by atoms with Crippen LogP contribution in [0, 0.1) is 5.92 Å². The van der Waals surface area contributed by atoms with Crippen molar-refractivity contribution in [1.82, 2.24) is 16.0 Å². The van der Waals surface area contributed by atoms with Gasteiger partial charge in [-0.25, -0.2) is 0 Å². The Balaban J connectivity index is 2.34. The smallest absolute Gasteiger partial charge is 0.251 e. The second kappa shape index (κ2) is 10.2. The van der Waals surface area contributed by atoms with E-state index in [0.29, 0.717) is 24.6 Å². The standard InChI is InChI=1S/C16H25BrN4O/c1-4-18-16(21-11-12(2)3)20-10-9-19-15(22)13-5-7-14(17)8-6-13/h5-8,12H,4,9-11H2,1-3H3,(H,19,22)(H2,18,20,21). The summed E-state index contributed by atoms with van der Waals surface area (Å²) < 4.78 is 0.961. The number of aliphatic imine (C=N–C) groups is 1. The molecule has 6 heteroatoms. The summed E-state index contributed by atoms with van der Waals surface area (Å²) in [7, 11) is 0. The average Bonchev–Trinajstić information content (AvgIpc) is 2.49. The Hall–Kier alpha value is -1.56. The van der Waals surface area contributed by atoms with E-state index in [9.17, 15) is 4.79 Å². The molecule has 0 aromatic heterocycles. The molecule has 0 saturated carbocycles. The van der Waals surface area contributed by atoms with Gasteiger partial charge in [0, 0.05) is 36.2 Å². The first-order valence-corrected chi connectivity index (χ1v) is 8.38. The molecule has 0 aliphatic heterocycles. The highest BCUT2D eigenvalue weighted by Gasteiger charge is 2.04. The van der Waals surface area contributed by atoms with Crippen LogP contribution >= 0.6 is 15.9 Å². The maximum Gasteiger partial charge on any atom is 0.251 e. The normalized spacial score (nSPS) is 11.4. The Morgan fingerprint density at radius 2 is 1.77 bits per heavy atom. The Kier molecular flexibility index (Phi) is 8.58. The van der Waals surface area contributed by atoms with Gasteiger partial charge in [-0.15, -0.1) is 0 Å². The van der Waals surface area contributed by atoms with E-state index in [4.69, 9.17) is 0 Å². The first kappa shape index (κ1) is 18.5. The van der Waals surface area contributed by atoms with Gasteiger partial charge in [0.05, 0.1) is 0 Å². The fraction of sp³-hybridized carbons (Fsp3) is 0.500. The van der Waals surface area contributed by atoms with Crippen LogP contribution in [0.15, 0.2) is 33.7 Å². The zero-order valence-electron chi connectivity index (χ0n) is 13.4. The molecule has 0 bridgehead atoms. The molecule has 0 saturated heterocycles. The van der Waals surface area contributed by atoms with E-state index >= 15 is 0 Å². The van der Waals surface area contributed by atoms with Crippen LogP contribution < -0.4 is 16.0 Å². The highest BCUT2D eigenvalue weighted by atomic mass is 79.9. The quantitative estimate of drug-likeness (QED) is 0.393. The van der Waals surface area contributed by atoms with E-state index in [2.05, 4.69) is 50.7 Å². The Morgan fingerprint density at radius 3 is 2.36 bits per heavy atom. The van der Waals surface area contributed by atoms with Gasteiger partial charge in [-0.05, 0) is 37.1 Å². The molecule has 1 amide bonds. The lowest BCUT2D eigenvalue weighted by atomic mass is 10.2. The van der Waals surface area contributed by atoms with E-state index in [1.807, 2.05) is 19.1 Å². The van der Waals surface area contributed by atoms with Crippen LogP contribution in [-0.4, -0.2) is 38.0 Å². The summed E-state index contributed by atoms with van der Waals surface area (Å²) in [5.41, 5.74) is 0.656. The number of nitrogens with one attached hydrogen (secondary N) is 3. The monoisotopic (exact) mass is 368 g/mol. The lowest BCUT2D eigenvalue weighted by molar-refractivity contribution is 0.0954.